The Bertz CT molecular complexity index is 717. The predicted molar refractivity (Wildman–Crippen MR) is 115 cm³/mol. The summed E-state index contributed by atoms with van der Waals surface area (Å²) in [4.78, 5) is 33.2. The summed E-state index contributed by atoms with van der Waals surface area (Å²) in [7, 11) is 4.01. The summed E-state index contributed by atoms with van der Waals surface area (Å²) in [6.07, 6.45) is 4.43. The van der Waals surface area contributed by atoms with Gasteiger partial charge in [-0.15, -0.1) is 0 Å². The molecule has 2 N–H and O–H groups in total. The summed E-state index contributed by atoms with van der Waals surface area (Å²) < 4.78 is 11.8. The smallest absolute Gasteiger partial charge is 0.254 e. The van der Waals surface area contributed by atoms with Crippen LogP contribution in [0.1, 0.15) is 36.0 Å². The SMILES string of the molecule is CN(C)CCCNC(=O)C[C@H]1CC[C@@H]2[C@H](COC[C@@H](O)CN2C(=O)c2ccncc2)O1. The Balaban J connectivity index is 1.59. The molecule has 0 spiro atoms. The number of aliphatic hydroxyl groups excluding tert-OH is 1. The van der Waals surface area contributed by atoms with E-state index < -0.39 is 6.10 Å². The Morgan fingerprint density at radius 3 is 2.77 bits per heavy atom. The summed E-state index contributed by atoms with van der Waals surface area (Å²) >= 11 is 0. The van der Waals surface area contributed by atoms with Gasteiger partial charge < -0.3 is 29.7 Å². The highest BCUT2D eigenvalue weighted by molar-refractivity contribution is 5.94. The molecular formula is C22H34N4O5. The number of carbonyl (C=O) groups excluding carboxylic acids is 2. The molecular weight excluding hydrogens is 400 g/mol. The van der Waals surface area contributed by atoms with Gasteiger partial charge in [-0.25, -0.2) is 0 Å². The van der Waals surface area contributed by atoms with Gasteiger partial charge in [-0.3, -0.25) is 14.6 Å². The van der Waals surface area contributed by atoms with Gasteiger partial charge in [0.25, 0.3) is 5.91 Å². The number of nitrogens with one attached hydrogen (secondary N) is 1. The second-order valence-electron chi connectivity index (χ2n) is 8.54. The zero-order valence-corrected chi connectivity index (χ0v) is 18.4. The molecule has 1 aromatic heterocycles. The number of hydrogen-bond acceptors (Lipinski definition) is 7. The summed E-state index contributed by atoms with van der Waals surface area (Å²) in [5.41, 5.74) is 0.529. The van der Waals surface area contributed by atoms with Crippen molar-refractivity contribution in [2.45, 2.75) is 50.0 Å². The van der Waals surface area contributed by atoms with Crippen molar-refractivity contribution in [3.63, 3.8) is 0 Å². The molecule has 2 amide bonds. The Hall–Kier alpha value is -2.07. The first-order valence-corrected chi connectivity index (χ1v) is 11.0. The molecule has 0 unspecified atom stereocenters. The Morgan fingerprint density at radius 2 is 2.03 bits per heavy atom. The third-order valence-electron chi connectivity index (χ3n) is 5.69. The van der Waals surface area contributed by atoms with E-state index in [0.29, 0.717) is 31.4 Å². The van der Waals surface area contributed by atoms with Gasteiger partial charge in [0, 0.05) is 31.0 Å². The number of pyridine rings is 1. The first kappa shape index (κ1) is 23.6. The van der Waals surface area contributed by atoms with Crippen molar-refractivity contribution in [1.29, 1.82) is 0 Å². The zero-order valence-electron chi connectivity index (χ0n) is 18.4. The van der Waals surface area contributed by atoms with Crippen molar-refractivity contribution in [1.82, 2.24) is 20.1 Å². The fourth-order valence-electron chi connectivity index (χ4n) is 4.14. The van der Waals surface area contributed by atoms with Crippen LogP contribution in [0.25, 0.3) is 0 Å². The topological polar surface area (TPSA) is 104 Å². The van der Waals surface area contributed by atoms with Crippen LogP contribution in [0.5, 0.6) is 0 Å². The standard InChI is InChI=1S/C22H34N4O5/c1-25(2)11-3-8-24-21(28)12-18-4-5-19-20(31-18)15-30-14-17(27)13-26(19)22(29)16-6-9-23-10-7-16/h6-7,9-10,17-20,27H,3-5,8,11-15H2,1-2H3,(H,24,28)/t17-,18+,19+,20-/m0/s1. The Labute approximate surface area is 183 Å². The maximum Gasteiger partial charge on any atom is 0.254 e. The van der Waals surface area contributed by atoms with Crippen molar-refractivity contribution in [3.8, 4) is 0 Å². The van der Waals surface area contributed by atoms with E-state index in [1.54, 1.807) is 29.4 Å². The molecule has 3 rings (SSSR count). The van der Waals surface area contributed by atoms with E-state index in [1.165, 1.54) is 0 Å². The number of aliphatic hydroxyl groups is 1. The highest BCUT2D eigenvalue weighted by atomic mass is 16.5. The van der Waals surface area contributed by atoms with Gasteiger partial charge >= 0.3 is 0 Å². The van der Waals surface area contributed by atoms with Crippen molar-refractivity contribution in [2.75, 3.05) is 46.9 Å². The molecule has 0 saturated carbocycles. The molecule has 0 radical (unpaired) electrons. The quantitative estimate of drug-likeness (QED) is 0.595. The summed E-state index contributed by atoms with van der Waals surface area (Å²) in [6.45, 7) is 2.18. The predicted octanol–water partition coefficient (Wildman–Crippen LogP) is 0.289. The second kappa shape index (κ2) is 11.5. The van der Waals surface area contributed by atoms with Crippen molar-refractivity contribution in [2.24, 2.45) is 0 Å². The Morgan fingerprint density at radius 1 is 1.26 bits per heavy atom. The fraction of sp³-hybridized carbons (Fsp3) is 0.682. The number of aromatic nitrogens is 1. The van der Waals surface area contributed by atoms with E-state index in [2.05, 4.69) is 15.2 Å². The van der Waals surface area contributed by atoms with E-state index in [9.17, 15) is 14.7 Å². The number of hydrogen-bond donors (Lipinski definition) is 2. The van der Waals surface area contributed by atoms with Crippen molar-refractivity contribution in [3.05, 3.63) is 30.1 Å². The largest absolute Gasteiger partial charge is 0.389 e. The summed E-state index contributed by atoms with van der Waals surface area (Å²) in [5, 5.41) is 13.2. The number of carbonyl (C=O) groups is 2. The van der Waals surface area contributed by atoms with Gasteiger partial charge in [-0.05, 0) is 52.0 Å². The lowest BCUT2D eigenvalue weighted by molar-refractivity contribution is -0.150. The minimum absolute atomic E-state index is 0.0193. The van der Waals surface area contributed by atoms with Crippen molar-refractivity contribution >= 4 is 11.8 Å². The molecule has 4 atom stereocenters. The molecule has 31 heavy (non-hydrogen) atoms. The van der Waals surface area contributed by atoms with Crippen LogP contribution in [0.4, 0.5) is 0 Å². The van der Waals surface area contributed by atoms with Gasteiger partial charge in [0.05, 0.1) is 37.9 Å². The molecule has 2 aliphatic rings. The average Bonchev–Trinajstić information content (AvgIpc) is 2.74. The molecule has 2 fully saturated rings. The van der Waals surface area contributed by atoms with Gasteiger partial charge in [-0.2, -0.15) is 0 Å². The van der Waals surface area contributed by atoms with Gasteiger partial charge in [0.15, 0.2) is 0 Å². The van der Waals surface area contributed by atoms with E-state index in [4.69, 9.17) is 9.47 Å². The number of nitrogens with zero attached hydrogens (tertiary/aromatic N) is 3. The molecule has 0 bridgehead atoms. The van der Waals surface area contributed by atoms with E-state index in [1.807, 2.05) is 14.1 Å². The Kier molecular flexibility index (Phi) is 8.77. The molecule has 9 heteroatoms. The first-order valence-electron chi connectivity index (χ1n) is 11.0. The number of ether oxygens (including phenoxy) is 2. The van der Waals surface area contributed by atoms with Crippen LogP contribution >= 0.6 is 0 Å². The van der Waals surface area contributed by atoms with Crippen LogP contribution in [-0.4, -0.2) is 103 Å². The molecule has 2 saturated heterocycles. The number of β-amino-alcohol motifs (C(OH)–C–C–N with tert-alkyl or cyclic N) is 1. The first-order chi connectivity index (χ1) is 14.9. The third kappa shape index (κ3) is 6.96. The minimum Gasteiger partial charge on any atom is -0.389 e. The van der Waals surface area contributed by atoms with E-state index in [0.717, 1.165) is 13.0 Å². The molecule has 3 heterocycles. The second-order valence-corrected chi connectivity index (χ2v) is 8.54. The molecule has 9 nitrogen and oxygen atoms in total. The summed E-state index contributed by atoms with van der Waals surface area (Å²) in [5.74, 6) is -0.173. The zero-order chi connectivity index (χ0) is 22.2. The molecule has 172 valence electrons. The number of amides is 2. The normalized spacial score (nSPS) is 26.6. The molecule has 2 aliphatic heterocycles. The van der Waals surface area contributed by atoms with Crippen LogP contribution in [0.2, 0.25) is 0 Å². The third-order valence-corrected chi connectivity index (χ3v) is 5.69. The fourth-order valence-corrected chi connectivity index (χ4v) is 4.14. The van der Waals surface area contributed by atoms with Crippen LogP contribution in [0.15, 0.2) is 24.5 Å². The molecule has 0 aliphatic carbocycles. The van der Waals surface area contributed by atoms with Crippen LogP contribution < -0.4 is 5.32 Å². The average molecular weight is 435 g/mol. The van der Waals surface area contributed by atoms with Gasteiger partial charge in [0.2, 0.25) is 5.91 Å². The van der Waals surface area contributed by atoms with Gasteiger partial charge in [-0.1, -0.05) is 0 Å². The minimum atomic E-state index is -0.752. The maximum atomic E-state index is 13.1. The van der Waals surface area contributed by atoms with Crippen molar-refractivity contribution < 1.29 is 24.2 Å². The summed E-state index contributed by atoms with van der Waals surface area (Å²) in [6, 6.07) is 3.13. The van der Waals surface area contributed by atoms with E-state index in [-0.39, 0.29) is 49.8 Å². The van der Waals surface area contributed by atoms with Crippen LogP contribution in [0.3, 0.4) is 0 Å². The van der Waals surface area contributed by atoms with Crippen LogP contribution in [0, 0.1) is 0 Å². The maximum absolute atomic E-state index is 13.1. The van der Waals surface area contributed by atoms with Crippen LogP contribution in [-0.2, 0) is 14.3 Å². The lowest BCUT2D eigenvalue weighted by atomic mass is 9.94. The molecule has 0 aromatic carbocycles. The van der Waals surface area contributed by atoms with Gasteiger partial charge in [0.1, 0.15) is 6.10 Å². The number of fused-ring (bicyclic) bond motifs is 1. The lowest BCUT2D eigenvalue weighted by Crippen LogP contribution is -2.57. The highest BCUT2D eigenvalue weighted by Gasteiger charge is 2.40. The number of rotatable bonds is 7. The van der Waals surface area contributed by atoms with E-state index >= 15 is 0 Å². The monoisotopic (exact) mass is 434 g/mol. The highest BCUT2D eigenvalue weighted by Crippen LogP contribution is 2.28. The lowest BCUT2D eigenvalue weighted by Gasteiger charge is -2.44. The molecule has 1 aromatic rings.